The molecule has 0 spiro atoms. The van der Waals surface area contributed by atoms with Gasteiger partial charge in [-0.05, 0) is 19.4 Å². The number of nitrogens with zero attached hydrogens (tertiary/aromatic N) is 1. The maximum atomic E-state index is 11.5. The number of primary amides is 1. The van der Waals surface area contributed by atoms with Crippen molar-refractivity contribution < 1.29 is 4.79 Å². The van der Waals surface area contributed by atoms with E-state index >= 15 is 0 Å². The molecule has 1 rings (SSSR count). The third-order valence-corrected chi connectivity index (χ3v) is 2.96. The number of hydrogen-bond acceptors (Lipinski definition) is 2. The molecule has 3 heteroatoms. The number of carbonyl (C=O) groups is 1. The van der Waals surface area contributed by atoms with Crippen LogP contribution in [0.2, 0.25) is 0 Å². The van der Waals surface area contributed by atoms with Crippen molar-refractivity contribution in [3.63, 3.8) is 0 Å². The van der Waals surface area contributed by atoms with E-state index < -0.39 is 5.54 Å². The predicted octanol–water partition coefficient (Wildman–Crippen LogP) is 1.94. The van der Waals surface area contributed by atoms with Gasteiger partial charge in [-0.3, -0.25) is 9.69 Å². The molecule has 0 aliphatic heterocycles. The lowest BCUT2D eigenvalue weighted by Crippen LogP contribution is -2.52. The van der Waals surface area contributed by atoms with E-state index in [4.69, 9.17) is 5.73 Å². The van der Waals surface area contributed by atoms with E-state index in [0.29, 0.717) is 13.1 Å². The zero-order valence-electron chi connectivity index (χ0n) is 10.5. The SMILES string of the molecule is C=CCN(Cc1ccccc1)C(C)(C)C(N)=O. The van der Waals surface area contributed by atoms with Crippen LogP contribution in [0.4, 0.5) is 0 Å². The second kappa shape index (κ2) is 5.64. The quantitative estimate of drug-likeness (QED) is 0.762. The second-order valence-electron chi connectivity index (χ2n) is 4.58. The molecule has 2 N–H and O–H groups in total. The summed E-state index contributed by atoms with van der Waals surface area (Å²) < 4.78 is 0. The van der Waals surface area contributed by atoms with Crippen LogP contribution in [0, 0.1) is 0 Å². The highest BCUT2D eigenvalue weighted by molar-refractivity contribution is 5.83. The van der Waals surface area contributed by atoms with Crippen molar-refractivity contribution in [1.29, 1.82) is 0 Å². The predicted molar refractivity (Wildman–Crippen MR) is 70.3 cm³/mol. The molecule has 0 saturated heterocycles. The highest BCUT2D eigenvalue weighted by Gasteiger charge is 2.31. The molecule has 92 valence electrons. The summed E-state index contributed by atoms with van der Waals surface area (Å²) in [6, 6.07) is 10.0. The molecule has 0 heterocycles. The van der Waals surface area contributed by atoms with Crippen LogP contribution in [-0.2, 0) is 11.3 Å². The first-order valence-corrected chi connectivity index (χ1v) is 5.68. The van der Waals surface area contributed by atoms with Crippen molar-refractivity contribution in [3.8, 4) is 0 Å². The molecule has 1 amide bonds. The first kappa shape index (κ1) is 13.5. The lowest BCUT2D eigenvalue weighted by atomic mass is 10.0. The van der Waals surface area contributed by atoms with Crippen molar-refractivity contribution >= 4 is 5.91 Å². The van der Waals surface area contributed by atoms with Crippen molar-refractivity contribution in [3.05, 3.63) is 48.6 Å². The molecule has 0 aliphatic rings. The molecule has 0 atom stereocenters. The Hall–Kier alpha value is -1.61. The standard InChI is InChI=1S/C14H20N2O/c1-4-10-16(14(2,3)13(15)17)11-12-8-6-5-7-9-12/h4-9H,1,10-11H2,2-3H3,(H2,15,17). The smallest absolute Gasteiger partial charge is 0.237 e. The van der Waals surface area contributed by atoms with E-state index in [1.165, 1.54) is 0 Å². The van der Waals surface area contributed by atoms with Gasteiger partial charge in [-0.25, -0.2) is 0 Å². The van der Waals surface area contributed by atoms with Crippen LogP contribution in [0.1, 0.15) is 19.4 Å². The first-order chi connectivity index (χ1) is 7.98. The molecule has 0 fully saturated rings. The van der Waals surface area contributed by atoms with E-state index in [0.717, 1.165) is 5.56 Å². The molecular formula is C14H20N2O. The van der Waals surface area contributed by atoms with E-state index in [1.807, 2.05) is 49.1 Å². The van der Waals surface area contributed by atoms with Crippen LogP contribution in [0.25, 0.3) is 0 Å². The van der Waals surface area contributed by atoms with Gasteiger partial charge in [-0.15, -0.1) is 6.58 Å². The summed E-state index contributed by atoms with van der Waals surface area (Å²) in [5.74, 6) is -0.324. The third kappa shape index (κ3) is 3.43. The molecule has 0 aromatic heterocycles. The van der Waals surface area contributed by atoms with Crippen LogP contribution in [0.3, 0.4) is 0 Å². The Morgan fingerprint density at radius 2 is 2.00 bits per heavy atom. The lowest BCUT2D eigenvalue weighted by Gasteiger charge is -2.35. The number of rotatable bonds is 6. The van der Waals surface area contributed by atoms with Gasteiger partial charge in [0, 0.05) is 13.1 Å². The van der Waals surface area contributed by atoms with Crippen molar-refractivity contribution in [1.82, 2.24) is 4.90 Å². The van der Waals surface area contributed by atoms with Gasteiger partial charge in [0.25, 0.3) is 0 Å². The van der Waals surface area contributed by atoms with Crippen molar-refractivity contribution in [2.45, 2.75) is 25.9 Å². The summed E-state index contributed by atoms with van der Waals surface area (Å²) in [5.41, 5.74) is 5.92. The molecule has 0 bridgehead atoms. The summed E-state index contributed by atoms with van der Waals surface area (Å²) in [5, 5.41) is 0. The Morgan fingerprint density at radius 3 is 2.47 bits per heavy atom. The van der Waals surface area contributed by atoms with Gasteiger partial charge in [0.1, 0.15) is 0 Å². The summed E-state index contributed by atoms with van der Waals surface area (Å²) >= 11 is 0. The van der Waals surface area contributed by atoms with Gasteiger partial charge >= 0.3 is 0 Å². The van der Waals surface area contributed by atoms with Crippen molar-refractivity contribution in [2.24, 2.45) is 5.73 Å². The Labute approximate surface area is 103 Å². The average molecular weight is 232 g/mol. The van der Waals surface area contributed by atoms with Gasteiger partial charge in [-0.2, -0.15) is 0 Å². The topological polar surface area (TPSA) is 46.3 Å². The van der Waals surface area contributed by atoms with Gasteiger partial charge in [0.15, 0.2) is 0 Å². The molecule has 1 aromatic carbocycles. The molecule has 1 aromatic rings. The zero-order valence-corrected chi connectivity index (χ0v) is 10.5. The maximum absolute atomic E-state index is 11.5. The van der Waals surface area contributed by atoms with Crippen LogP contribution >= 0.6 is 0 Å². The fourth-order valence-corrected chi connectivity index (χ4v) is 1.61. The minimum Gasteiger partial charge on any atom is -0.368 e. The number of benzene rings is 1. The first-order valence-electron chi connectivity index (χ1n) is 5.68. The normalized spacial score (nSPS) is 11.5. The van der Waals surface area contributed by atoms with E-state index in [2.05, 4.69) is 6.58 Å². The Kier molecular flexibility index (Phi) is 4.46. The van der Waals surface area contributed by atoms with Crippen LogP contribution in [-0.4, -0.2) is 22.9 Å². The van der Waals surface area contributed by atoms with Gasteiger partial charge in [0.05, 0.1) is 5.54 Å². The highest BCUT2D eigenvalue weighted by Crippen LogP contribution is 2.17. The zero-order chi connectivity index (χ0) is 12.9. The fraction of sp³-hybridized carbons (Fsp3) is 0.357. The number of amides is 1. The Balaban J connectivity index is 2.87. The van der Waals surface area contributed by atoms with Crippen LogP contribution in [0.5, 0.6) is 0 Å². The van der Waals surface area contributed by atoms with E-state index in [1.54, 1.807) is 6.08 Å². The summed E-state index contributed by atoms with van der Waals surface area (Å²) in [6.07, 6.45) is 1.79. The van der Waals surface area contributed by atoms with Crippen molar-refractivity contribution in [2.75, 3.05) is 6.54 Å². The van der Waals surface area contributed by atoms with Gasteiger partial charge in [0.2, 0.25) is 5.91 Å². The molecule has 0 unspecified atom stereocenters. The monoisotopic (exact) mass is 232 g/mol. The third-order valence-electron chi connectivity index (χ3n) is 2.96. The minimum absolute atomic E-state index is 0.324. The molecule has 3 nitrogen and oxygen atoms in total. The van der Waals surface area contributed by atoms with Gasteiger partial charge < -0.3 is 5.73 Å². The van der Waals surface area contributed by atoms with Gasteiger partial charge in [-0.1, -0.05) is 36.4 Å². The fourth-order valence-electron chi connectivity index (χ4n) is 1.61. The largest absolute Gasteiger partial charge is 0.368 e. The molecule has 0 aliphatic carbocycles. The van der Waals surface area contributed by atoms with E-state index in [9.17, 15) is 4.79 Å². The number of hydrogen-bond donors (Lipinski definition) is 1. The second-order valence-corrected chi connectivity index (χ2v) is 4.58. The highest BCUT2D eigenvalue weighted by atomic mass is 16.1. The molecule has 0 saturated carbocycles. The number of nitrogens with two attached hydrogens (primary N) is 1. The Morgan fingerprint density at radius 1 is 1.41 bits per heavy atom. The maximum Gasteiger partial charge on any atom is 0.237 e. The number of carbonyl (C=O) groups excluding carboxylic acids is 1. The van der Waals surface area contributed by atoms with Crippen LogP contribution in [0.15, 0.2) is 43.0 Å². The summed E-state index contributed by atoms with van der Waals surface area (Å²) in [7, 11) is 0. The minimum atomic E-state index is -0.677. The average Bonchev–Trinajstić information content (AvgIpc) is 2.29. The molecular weight excluding hydrogens is 212 g/mol. The Bertz CT molecular complexity index is 384. The molecule has 0 radical (unpaired) electrons. The summed E-state index contributed by atoms with van der Waals surface area (Å²) in [4.78, 5) is 13.5. The van der Waals surface area contributed by atoms with Crippen LogP contribution < -0.4 is 5.73 Å². The summed E-state index contributed by atoms with van der Waals surface area (Å²) in [6.45, 7) is 8.70. The van der Waals surface area contributed by atoms with E-state index in [-0.39, 0.29) is 5.91 Å². The lowest BCUT2D eigenvalue weighted by molar-refractivity contribution is -0.128. The molecule has 17 heavy (non-hydrogen) atoms.